The maximum atomic E-state index is 13.1. The normalized spacial score (nSPS) is 12.2. The number of halogens is 6. The predicted octanol–water partition coefficient (Wildman–Crippen LogP) is 6.65. The first kappa shape index (κ1) is 31.8. The lowest BCUT2D eigenvalue weighted by atomic mass is 10.2. The van der Waals surface area contributed by atoms with E-state index in [4.69, 9.17) is 34.8 Å². The first-order chi connectivity index (χ1) is 18.5. The van der Waals surface area contributed by atoms with Crippen molar-refractivity contribution in [2.24, 2.45) is 0 Å². The van der Waals surface area contributed by atoms with Crippen LogP contribution >= 0.6 is 34.8 Å². The van der Waals surface area contributed by atoms with Gasteiger partial charge in [0.15, 0.2) is 0 Å². The average molecular weight is 659 g/mol. The number of nitrogens with one attached hydrogen (secondary N) is 2. The topological polar surface area (TPSA) is 113 Å². The van der Waals surface area contributed by atoms with Crippen molar-refractivity contribution in [1.82, 2.24) is 0 Å². The summed E-state index contributed by atoms with van der Waals surface area (Å²) in [4.78, 5) is 12.1. The molecule has 0 bridgehead atoms. The minimum Gasteiger partial charge on any atom is -0.326 e. The van der Waals surface area contributed by atoms with Crippen molar-refractivity contribution in [1.29, 1.82) is 0 Å². The predicted molar refractivity (Wildman–Crippen MR) is 150 cm³/mol. The molecule has 0 aliphatic carbocycles. The molecule has 0 radical (unpaired) electrons. The number of alkyl halides is 3. The average Bonchev–Trinajstić information content (AvgIpc) is 2.83. The zero-order valence-electron chi connectivity index (χ0n) is 20.5. The number of anilines is 3. The van der Waals surface area contributed by atoms with E-state index in [2.05, 4.69) is 10.0 Å². The number of hydrogen-bond donors (Lipinski definition) is 2. The molecule has 0 aliphatic heterocycles. The maximum Gasteiger partial charge on any atom is 0.417 e. The minimum absolute atomic E-state index is 0.0596. The van der Waals surface area contributed by atoms with Gasteiger partial charge in [-0.15, -0.1) is 0 Å². The zero-order valence-corrected chi connectivity index (χ0v) is 24.4. The largest absolute Gasteiger partial charge is 0.417 e. The lowest BCUT2D eigenvalue weighted by Gasteiger charge is -2.23. The fourth-order valence-corrected chi connectivity index (χ4v) is 6.17. The van der Waals surface area contributed by atoms with Crippen molar-refractivity contribution < 1.29 is 34.8 Å². The van der Waals surface area contributed by atoms with Crippen LogP contribution in [0.4, 0.5) is 30.2 Å². The molecule has 3 aromatic rings. The number of nitrogens with zero attached hydrogens (tertiary/aromatic N) is 1. The van der Waals surface area contributed by atoms with Crippen molar-refractivity contribution in [3.05, 3.63) is 81.3 Å². The lowest BCUT2D eigenvalue weighted by Crippen LogP contribution is -2.31. The maximum absolute atomic E-state index is 13.1. The molecule has 40 heavy (non-hydrogen) atoms. The first-order valence-corrected chi connectivity index (χ1v) is 15.7. The van der Waals surface area contributed by atoms with Gasteiger partial charge in [-0.3, -0.25) is 13.8 Å². The Hall–Kier alpha value is -2.71. The Morgan fingerprint density at radius 2 is 1.48 bits per heavy atom. The number of carbonyl (C=O) groups excluding carboxylic acids is 1. The molecule has 0 spiro atoms. The second-order valence-corrected chi connectivity index (χ2v) is 13.2. The zero-order chi connectivity index (χ0) is 29.9. The van der Waals surface area contributed by atoms with Crippen molar-refractivity contribution in [2.75, 3.05) is 27.1 Å². The molecular formula is C24H21Cl3F3N3O5S2. The molecule has 0 fully saturated rings. The van der Waals surface area contributed by atoms with Crippen LogP contribution in [-0.2, 0) is 31.0 Å². The summed E-state index contributed by atoms with van der Waals surface area (Å²) in [6.45, 7) is -0.0596. The van der Waals surface area contributed by atoms with Crippen molar-refractivity contribution in [2.45, 2.75) is 23.9 Å². The van der Waals surface area contributed by atoms with E-state index in [1.54, 1.807) is 0 Å². The number of rotatable bonds is 10. The van der Waals surface area contributed by atoms with Crippen LogP contribution in [0.15, 0.2) is 65.6 Å². The summed E-state index contributed by atoms with van der Waals surface area (Å²) in [7, 11) is -7.99. The van der Waals surface area contributed by atoms with Crippen LogP contribution in [0.25, 0.3) is 0 Å². The summed E-state index contributed by atoms with van der Waals surface area (Å²) in [5.41, 5.74) is -1.11. The highest BCUT2D eigenvalue weighted by atomic mass is 35.5. The molecule has 0 aromatic heterocycles. The van der Waals surface area contributed by atoms with Gasteiger partial charge in [-0.2, -0.15) is 13.2 Å². The van der Waals surface area contributed by atoms with Gasteiger partial charge in [-0.25, -0.2) is 16.8 Å². The standard InChI is InChI=1S/C24H21Cl3F3N3O5S2/c1-39(35,36)33(22-13-15(25)4-10-21(22)27)12-2-3-23(34)31-16-5-8-18(9-6-16)40(37,38)32-17-7-11-20(26)19(14-17)24(28,29)30/h4-11,13-14,32H,2-3,12H2,1H3,(H,31,34). The Balaban J connectivity index is 1.62. The molecule has 0 heterocycles. The van der Waals surface area contributed by atoms with Crippen LogP contribution in [-0.4, -0.2) is 35.5 Å². The van der Waals surface area contributed by atoms with Gasteiger partial charge in [0.05, 0.1) is 32.4 Å². The third-order valence-corrected chi connectivity index (χ3v) is 8.78. The summed E-state index contributed by atoms with van der Waals surface area (Å²) < 4.78 is 92.2. The van der Waals surface area contributed by atoms with Gasteiger partial charge in [0.1, 0.15) is 0 Å². The molecule has 216 valence electrons. The van der Waals surface area contributed by atoms with E-state index >= 15 is 0 Å². The number of hydrogen-bond acceptors (Lipinski definition) is 5. The van der Waals surface area contributed by atoms with Crippen LogP contribution in [0.3, 0.4) is 0 Å². The molecule has 0 saturated heterocycles. The highest BCUT2D eigenvalue weighted by molar-refractivity contribution is 7.92. The van der Waals surface area contributed by atoms with Crippen LogP contribution in [0, 0.1) is 0 Å². The molecule has 8 nitrogen and oxygen atoms in total. The van der Waals surface area contributed by atoms with Crippen LogP contribution in [0.5, 0.6) is 0 Å². The monoisotopic (exact) mass is 657 g/mol. The van der Waals surface area contributed by atoms with Gasteiger partial charge in [0.2, 0.25) is 15.9 Å². The summed E-state index contributed by atoms with van der Waals surface area (Å²) in [5, 5.41) is 2.44. The van der Waals surface area contributed by atoms with Gasteiger partial charge >= 0.3 is 6.18 Å². The van der Waals surface area contributed by atoms with E-state index in [0.29, 0.717) is 6.07 Å². The molecule has 0 saturated carbocycles. The number of benzene rings is 3. The molecule has 0 unspecified atom stereocenters. The van der Waals surface area contributed by atoms with E-state index in [1.807, 2.05) is 0 Å². The Kier molecular flexibility index (Phi) is 9.89. The van der Waals surface area contributed by atoms with Crippen LogP contribution in [0.2, 0.25) is 15.1 Å². The summed E-state index contributed by atoms with van der Waals surface area (Å²) in [5.74, 6) is -0.472. The third kappa shape index (κ3) is 8.40. The Morgan fingerprint density at radius 1 is 0.875 bits per heavy atom. The Bertz CT molecular complexity index is 1620. The number of sulfonamides is 2. The molecule has 1 amide bonds. The SMILES string of the molecule is CS(=O)(=O)N(CCCC(=O)Nc1ccc(S(=O)(=O)Nc2ccc(Cl)c(C(F)(F)F)c2)cc1)c1cc(Cl)ccc1Cl. The van der Waals surface area contributed by atoms with Crippen LogP contribution in [0.1, 0.15) is 18.4 Å². The molecule has 16 heteroatoms. The summed E-state index contributed by atoms with van der Waals surface area (Å²) in [6.07, 6.45) is -3.73. The van der Waals surface area contributed by atoms with E-state index in [-0.39, 0.29) is 51.4 Å². The van der Waals surface area contributed by atoms with Crippen molar-refractivity contribution in [3.63, 3.8) is 0 Å². The van der Waals surface area contributed by atoms with Gasteiger partial charge in [-0.05, 0) is 67.1 Å². The fraction of sp³-hybridized carbons (Fsp3) is 0.208. The highest BCUT2D eigenvalue weighted by Crippen LogP contribution is 2.36. The molecule has 3 aromatic carbocycles. The molecule has 0 aliphatic rings. The number of amides is 1. The van der Waals surface area contributed by atoms with E-state index < -0.39 is 42.7 Å². The molecule has 3 rings (SSSR count). The van der Waals surface area contributed by atoms with Crippen molar-refractivity contribution >= 4 is 77.8 Å². The number of carbonyl (C=O) groups is 1. The molecule has 0 atom stereocenters. The summed E-state index contributed by atoms with van der Waals surface area (Å²) in [6, 6.07) is 11.9. The second kappa shape index (κ2) is 12.4. The minimum atomic E-state index is -4.77. The second-order valence-electron chi connectivity index (χ2n) is 8.40. The Morgan fingerprint density at radius 3 is 2.08 bits per heavy atom. The van der Waals surface area contributed by atoms with Crippen LogP contribution < -0.4 is 14.3 Å². The van der Waals surface area contributed by atoms with E-state index in [1.165, 1.54) is 30.3 Å². The van der Waals surface area contributed by atoms with E-state index in [9.17, 15) is 34.8 Å². The van der Waals surface area contributed by atoms with Gasteiger partial charge < -0.3 is 5.32 Å². The summed E-state index contributed by atoms with van der Waals surface area (Å²) >= 11 is 17.7. The smallest absolute Gasteiger partial charge is 0.326 e. The van der Waals surface area contributed by atoms with Gasteiger partial charge in [0.25, 0.3) is 10.0 Å². The first-order valence-electron chi connectivity index (χ1n) is 11.2. The molecular weight excluding hydrogens is 638 g/mol. The van der Waals surface area contributed by atoms with Gasteiger partial charge in [-0.1, -0.05) is 34.8 Å². The fourth-order valence-electron chi connectivity index (χ4n) is 3.49. The van der Waals surface area contributed by atoms with Gasteiger partial charge in [0, 0.05) is 29.4 Å². The quantitative estimate of drug-likeness (QED) is 0.253. The van der Waals surface area contributed by atoms with E-state index in [0.717, 1.165) is 34.8 Å². The van der Waals surface area contributed by atoms with Crippen molar-refractivity contribution in [3.8, 4) is 0 Å². The third-order valence-electron chi connectivity index (χ3n) is 5.31. The lowest BCUT2D eigenvalue weighted by molar-refractivity contribution is -0.137. The highest BCUT2D eigenvalue weighted by Gasteiger charge is 2.33. The molecule has 2 N–H and O–H groups in total. The Labute approximate surface area is 244 Å².